The highest BCUT2D eigenvalue weighted by molar-refractivity contribution is 5.81. The minimum Gasteiger partial charge on any atom is -0.481 e. The minimum atomic E-state index is -0.499. The monoisotopic (exact) mass is 428 g/mol. The molecule has 0 saturated carbocycles. The molecule has 0 spiro atoms. The fourth-order valence-electron chi connectivity index (χ4n) is 4.42. The zero-order chi connectivity index (χ0) is 22.5. The highest BCUT2D eigenvalue weighted by Crippen LogP contribution is 2.29. The molecule has 4 nitrogen and oxygen atoms in total. The van der Waals surface area contributed by atoms with Crippen LogP contribution < -0.4 is 4.74 Å². The molecule has 0 bridgehead atoms. The predicted octanol–water partition coefficient (Wildman–Crippen LogP) is 5.00. The number of carbonyl (C=O) groups is 1. The normalized spacial score (nSPS) is 15.6. The molecule has 1 fully saturated rings. The number of amides is 1. The Kier molecular flexibility index (Phi) is 6.91. The number of aryl methyl sites for hydroxylation is 2. The lowest BCUT2D eigenvalue weighted by molar-refractivity contribution is -0.140. The molecule has 1 aliphatic heterocycles. The third kappa shape index (κ3) is 5.03. The van der Waals surface area contributed by atoms with Crippen molar-refractivity contribution in [2.75, 3.05) is 26.2 Å². The number of piperazine rings is 1. The van der Waals surface area contributed by atoms with E-state index in [0.29, 0.717) is 13.1 Å². The Morgan fingerprint density at radius 3 is 1.94 bits per heavy atom. The quantitative estimate of drug-likeness (QED) is 0.554. The molecule has 3 aromatic rings. The maximum atomic E-state index is 13.1. The molecule has 32 heavy (non-hydrogen) atoms. The molecule has 1 amide bonds. The van der Waals surface area contributed by atoms with Crippen LogP contribution in [0.25, 0.3) is 0 Å². The SMILES string of the molecule is Cc1ccc(C)c(OC(C)C(=O)N2CCN(C(c3ccccc3)c3ccccc3)CC2)c1. The number of nitrogens with zero attached hydrogens (tertiary/aromatic N) is 2. The van der Waals surface area contributed by atoms with Crippen molar-refractivity contribution in [3.63, 3.8) is 0 Å². The van der Waals surface area contributed by atoms with Gasteiger partial charge in [0.2, 0.25) is 0 Å². The van der Waals surface area contributed by atoms with Crippen molar-refractivity contribution in [1.29, 1.82) is 0 Å². The average molecular weight is 429 g/mol. The molecule has 1 saturated heterocycles. The second-order valence-electron chi connectivity index (χ2n) is 8.61. The molecular formula is C28H32N2O2. The Bertz CT molecular complexity index is 988. The largest absolute Gasteiger partial charge is 0.481 e. The molecule has 0 aromatic heterocycles. The first-order valence-corrected chi connectivity index (χ1v) is 11.4. The fourth-order valence-corrected chi connectivity index (χ4v) is 4.42. The van der Waals surface area contributed by atoms with Crippen LogP contribution in [0.15, 0.2) is 78.9 Å². The van der Waals surface area contributed by atoms with Crippen LogP contribution in [-0.2, 0) is 4.79 Å². The first kappa shape index (κ1) is 22.1. The molecule has 1 aliphatic rings. The number of rotatable bonds is 6. The van der Waals surface area contributed by atoms with E-state index in [4.69, 9.17) is 4.74 Å². The van der Waals surface area contributed by atoms with Crippen molar-refractivity contribution in [1.82, 2.24) is 9.80 Å². The molecule has 1 atom stereocenters. The van der Waals surface area contributed by atoms with Crippen LogP contribution in [0.1, 0.15) is 35.2 Å². The Morgan fingerprint density at radius 2 is 1.38 bits per heavy atom. The van der Waals surface area contributed by atoms with Crippen LogP contribution in [0, 0.1) is 13.8 Å². The number of ether oxygens (including phenoxy) is 1. The van der Waals surface area contributed by atoms with E-state index in [1.807, 2.05) is 37.8 Å². The first-order valence-electron chi connectivity index (χ1n) is 11.4. The van der Waals surface area contributed by atoms with E-state index in [1.165, 1.54) is 11.1 Å². The maximum Gasteiger partial charge on any atom is 0.263 e. The van der Waals surface area contributed by atoms with Crippen molar-refractivity contribution in [2.24, 2.45) is 0 Å². The van der Waals surface area contributed by atoms with E-state index in [0.717, 1.165) is 30.0 Å². The van der Waals surface area contributed by atoms with Crippen LogP contribution in [-0.4, -0.2) is 48.0 Å². The van der Waals surface area contributed by atoms with Crippen molar-refractivity contribution in [3.8, 4) is 5.75 Å². The number of benzene rings is 3. The third-order valence-corrected chi connectivity index (χ3v) is 6.22. The lowest BCUT2D eigenvalue weighted by atomic mass is 9.96. The number of hydrogen-bond acceptors (Lipinski definition) is 3. The van der Waals surface area contributed by atoms with Crippen LogP contribution in [0.5, 0.6) is 5.75 Å². The summed E-state index contributed by atoms with van der Waals surface area (Å²) < 4.78 is 6.05. The topological polar surface area (TPSA) is 32.8 Å². The summed E-state index contributed by atoms with van der Waals surface area (Å²) in [5, 5.41) is 0. The number of hydrogen-bond donors (Lipinski definition) is 0. The van der Waals surface area contributed by atoms with Crippen LogP contribution in [0.4, 0.5) is 0 Å². The lowest BCUT2D eigenvalue weighted by Gasteiger charge is -2.40. The third-order valence-electron chi connectivity index (χ3n) is 6.22. The van der Waals surface area contributed by atoms with Gasteiger partial charge in [-0.25, -0.2) is 0 Å². The van der Waals surface area contributed by atoms with Gasteiger partial charge in [-0.3, -0.25) is 9.69 Å². The smallest absolute Gasteiger partial charge is 0.263 e. The summed E-state index contributed by atoms with van der Waals surface area (Å²) in [5.41, 5.74) is 4.75. The molecule has 1 unspecified atom stereocenters. The van der Waals surface area contributed by atoms with Crippen molar-refractivity contribution in [3.05, 3.63) is 101 Å². The highest BCUT2D eigenvalue weighted by Gasteiger charge is 2.30. The molecule has 0 aliphatic carbocycles. The van der Waals surface area contributed by atoms with Gasteiger partial charge < -0.3 is 9.64 Å². The van der Waals surface area contributed by atoms with Gasteiger partial charge in [0.15, 0.2) is 6.10 Å². The van der Waals surface area contributed by atoms with Gasteiger partial charge in [-0.05, 0) is 49.1 Å². The van der Waals surface area contributed by atoms with Crippen LogP contribution >= 0.6 is 0 Å². The summed E-state index contributed by atoms with van der Waals surface area (Å²) in [7, 11) is 0. The van der Waals surface area contributed by atoms with Crippen molar-refractivity contribution < 1.29 is 9.53 Å². The van der Waals surface area contributed by atoms with E-state index >= 15 is 0 Å². The van der Waals surface area contributed by atoms with Crippen LogP contribution in [0.2, 0.25) is 0 Å². The summed E-state index contributed by atoms with van der Waals surface area (Å²) >= 11 is 0. The summed E-state index contributed by atoms with van der Waals surface area (Å²) in [6.07, 6.45) is -0.499. The molecule has 0 radical (unpaired) electrons. The van der Waals surface area contributed by atoms with Gasteiger partial charge in [0.25, 0.3) is 5.91 Å². The van der Waals surface area contributed by atoms with Gasteiger partial charge in [-0.2, -0.15) is 0 Å². The average Bonchev–Trinajstić information content (AvgIpc) is 2.83. The van der Waals surface area contributed by atoms with Crippen molar-refractivity contribution in [2.45, 2.75) is 32.9 Å². The Hall–Kier alpha value is -3.11. The van der Waals surface area contributed by atoms with Crippen molar-refractivity contribution >= 4 is 5.91 Å². The van der Waals surface area contributed by atoms with E-state index in [1.54, 1.807) is 0 Å². The minimum absolute atomic E-state index is 0.0570. The van der Waals surface area contributed by atoms with Gasteiger partial charge in [0.05, 0.1) is 6.04 Å². The standard InChI is InChI=1S/C28H32N2O2/c1-21-14-15-22(2)26(20-21)32-23(3)28(31)30-18-16-29(17-19-30)27(24-10-6-4-7-11-24)25-12-8-5-9-13-25/h4-15,20,23,27H,16-19H2,1-3H3. The maximum absolute atomic E-state index is 13.1. The highest BCUT2D eigenvalue weighted by atomic mass is 16.5. The second kappa shape index (κ2) is 10.0. The zero-order valence-corrected chi connectivity index (χ0v) is 19.2. The van der Waals surface area contributed by atoms with E-state index < -0.39 is 6.10 Å². The summed E-state index contributed by atoms with van der Waals surface area (Å²) in [6, 6.07) is 27.5. The van der Waals surface area contributed by atoms with Gasteiger partial charge in [-0.15, -0.1) is 0 Å². The van der Waals surface area contributed by atoms with E-state index in [2.05, 4.69) is 71.6 Å². The molecular weight excluding hydrogens is 396 g/mol. The number of carbonyl (C=O) groups excluding carboxylic acids is 1. The molecule has 4 rings (SSSR count). The molecule has 4 heteroatoms. The molecule has 3 aromatic carbocycles. The first-order chi connectivity index (χ1) is 15.5. The Labute approximate surface area is 191 Å². The lowest BCUT2D eigenvalue weighted by Crippen LogP contribution is -2.52. The van der Waals surface area contributed by atoms with Gasteiger partial charge in [0.1, 0.15) is 5.75 Å². The summed E-state index contributed by atoms with van der Waals surface area (Å²) in [5.74, 6) is 0.847. The van der Waals surface area contributed by atoms with E-state index in [9.17, 15) is 4.79 Å². The fraction of sp³-hybridized carbons (Fsp3) is 0.321. The van der Waals surface area contributed by atoms with Crippen LogP contribution in [0.3, 0.4) is 0 Å². The molecule has 1 heterocycles. The molecule has 166 valence electrons. The summed E-state index contributed by atoms with van der Waals surface area (Å²) in [6.45, 7) is 8.97. The second-order valence-corrected chi connectivity index (χ2v) is 8.61. The summed E-state index contributed by atoms with van der Waals surface area (Å²) in [4.78, 5) is 17.5. The van der Waals surface area contributed by atoms with Gasteiger partial charge in [-0.1, -0.05) is 72.8 Å². The Morgan fingerprint density at radius 1 is 0.812 bits per heavy atom. The zero-order valence-electron chi connectivity index (χ0n) is 19.2. The molecule has 0 N–H and O–H groups in total. The van der Waals surface area contributed by atoms with E-state index in [-0.39, 0.29) is 11.9 Å². The van der Waals surface area contributed by atoms with Gasteiger partial charge >= 0.3 is 0 Å². The van der Waals surface area contributed by atoms with Gasteiger partial charge in [0, 0.05) is 26.2 Å². The Balaban J connectivity index is 1.43. The predicted molar refractivity (Wildman–Crippen MR) is 129 cm³/mol.